The fraction of sp³-hybridized carbons (Fsp3) is 0.360. The fourth-order valence-electron chi connectivity index (χ4n) is 4.08. The number of fused-ring (bicyclic) bond motifs is 1. The predicted molar refractivity (Wildman–Crippen MR) is 146 cm³/mol. The van der Waals surface area contributed by atoms with E-state index in [-0.39, 0.29) is 6.61 Å². The van der Waals surface area contributed by atoms with Gasteiger partial charge >= 0.3 is 0 Å². The number of morpholine rings is 1. The second-order valence-electron chi connectivity index (χ2n) is 8.58. The Morgan fingerprint density at radius 2 is 1.97 bits per heavy atom. The highest BCUT2D eigenvalue weighted by Crippen LogP contribution is 2.35. The second-order valence-corrected chi connectivity index (χ2v) is 10.9. The van der Waals surface area contributed by atoms with Crippen molar-refractivity contribution < 1.29 is 15.1 Å². The third kappa shape index (κ3) is 6.17. The van der Waals surface area contributed by atoms with Crippen LogP contribution in [0.3, 0.4) is 0 Å². The molecule has 5 rings (SSSR count). The van der Waals surface area contributed by atoms with Crippen LogP contribution in [-0.4, -0.2) is 76.0 Å². The minimum atomic E-state index is 0.139. The van der Waals surface area contributed by atoms with Crippen LogP contribution in [0.15, 0.2) is 47.6 Å². The molecule has 1 aliphatic rings. The zero-order chi connectivity index (χ0) is 25.6. The first-order chi connectivity index (χ1) is 18.1. The Morgan fingerprint density at radius 3 is 2.73 bits per heavy atom. The molecule has 0 radical (unpaired) electrons. The van der Waals surface area contributed by atoms with Crippen molar-refractivity contribution in [2.24, 2.45) is 0 Å². The number of nitrogens with one attached hydrogen (secondary N) is 1. The largest absolute Gasteiger partial charge is 0.396 e. The van der Waals surface area contributed by atoms with Gasteiger partial charge in [0.25, 0.3) is 0 Å². The van der Waals surface area contributed by atoms with Crippen molar-refractivity contribution in [1.29, 1.82) is 0 Å². The summed E-state index contributed by atoms with van der Waals surface area (Å²) in [5.41, 5.74) is 4.79. The molecule has 12 heteroatoms. The SMILES string of the molecule is CN(Cc1cc2nc(-c3cccc(SCCO)c3)nc(N3CCOCC3)c2s1)c1ncc(CNO)cn1. The lowest BCUT2D eigenvalue weighted by atomic mass is 10.2. The number of benzene rings is 1. The van der Waals surface area contributed by atoms with Crippen molar-refractivity contribution in [2.75, 3.05) is 55.5 Å². The lowest BCUT2D eigenvalue weighted by molar-refractivity contribution is 0.122. The van der Waals surface area contributed by atoms with Crippen LogP contribution in [0.25, 0.3) is 21.6 Å². The number of hydrogen-bond acceptors (Lipinski definition) is 12. The number of anilines is 2. The molecule has 0 aliphatic carbocycles. The number of aromatic nitrogens is 4. The van der Waals surface area contributed by atoms with Gasteiger partial charge in [0.1, 0.15) is 0 Å². The van der Waals surface area contributed by atoms with E-state index in [1.807, 2.05) is 30.1 Å². The minimum Gasteiger partial charge on any atom is -0.396 e. The third-order valence-corrected chi connectivity index (χ3v) is 7.96. The Morgan fingerprint density at radius 1 is 1.16 bits per heavy atom. The highest BCUT2D eigenvalue weighted by molar-refractivity contribution is 7.99. The number of aliphatic hydroxyl groups excluding tert-OH is 1. The minimum absolute atomic E-state index is 0.139. The summed E-state index contributed by atoms with van der Waals surface area (Å²) in [5.74, 6) is 2.88. The van der Waals surface area contributed by atoms with Gasteiger partial charge in [-0.1, -0.05) is 12.1 Å². The molecule has 0 unspecified atom stereocenters. The van der Waals surface area contributed by atoms with E-state index in [1.54, 1.807) is 35.5 Å². The third-order valence-electron chi connectivity index (χ3n) is 5.88. The summed E-state index contributed by atoms with van der Waals surface area (Å²) in [6, 6.07) is 10.3. The average Bonchev–Trinajstić information content (AvgIpc) is 3.35. The number of aliphatic hydroxyl groups is 1. The van der Waals surface area contributed by atoms with Crippen LogP contribution in [0, 0.1) is 0 Å². The number of thioether (sulfide) groups is 1. The second kappa shape index (κ2) is 12.1. The van der Waals surface area contributed by atoms with Gasteiger partial charge in [-0.25, -0.2) is 25.4 Å². The molecule has 10 nitrogen and oxygen atoms in total. The molecular weight excluding hydrogens is 510 g/mol. The van der Waals surface area contributed by atoms with Crippen LogP contribution in [0.2, 0.25) is 0 Å². The highest BCUT2D eigenvalue weighted by Gasteiger charge is 2.21. The topological polar surface area (TPSA) is 120 Å². The van der Waals surface area contributed by atoms with Gasteiger partial charge in [0, 0.05) is 65.7 Å². The number of thiophene rings is 1. The lowest BCUT2D eigenvalue weighted by Crippen LogP contribution is -2.36. The average molecular weight is 540 g/mol. The molecule has 37 heavy (non-hydrogen) atoms. The Balaban J connectivity index is 1.47. The van der Waals surface area contributed by atoms with Gasteiger partial charge in [0.05, 0.1) is 36.6 Å². The van der Waals surface area contributed by atoms with E-state index in [4.69, 9.17) is 19.9 Å². The summed E-state index contributed by atoms with van der Waals surface area (Å²) in [4.78, 5) is 25.3. The fourth-order valence-corrected chi connectivity index (χ4v) is 5.96. The zero-order valence-electron chi connectivity index (χ0n) is 20.5. The van der Waals surface area contributed by atoms with E-state index in [0.29, 0.717) is 43.8 Å². The van der Waals surface area contributed by atoms with Crippen molar-refractivity contribution >= 4 is 45.1 Å². The smallest absolute Gasteiger partial charge is 0.225 e. The number of rotatable bonds is 10. The molecule has 4 heterocycles. The molecule has 0 amide bonds. The number of hydrogen-bond donors (Lipinski definition) is 3. The molecule has 3 N–H and O–H groups in total. The van der Waals surface area contributed by atoms with Gasteiger partial charge in [-0.3, -0.25) is 0 Å². The highest BCUT2D eigenvalue weighted by atomic mass is 32.2. The van der Waals surface area contributed by atoms with Crippen molar-refractivity contribution in [3.05, 3.63) is 53.2 Å². The maximum absolute atomic E-state index is 9.20. The Hall–Kier alpha value is -2.87. The first-order valence-electron chi connectivity index (χ1n) is 12.0. The normalized spacial score (nSPS) is 13.9. The zero-order valence-corrected chi connectivity index (χ0v) is 22.1. The van der Waals surface area contributed by atoms with Gasteiger partial charge in [-0.15, -0.1) is 23.1 Å². The van der Waals surface area contributed by atoms with Gasteiger partial charge in [-0.05, 0) is 18.2 Å². The molecule has 1 aliphatic heterocycles. The number of ether oxygens (including phenoxy) is 1. The summed E-state index contributed by atoms with van der Waals surface area (Å²) in [5, 5.41) is 18.1. The molecule has 0 spiro atoms. The van der Waals surface area contributed by atoms with Gasteiger partial charge in [0.2, 0.25) is 5.95 Å². The molecule has 1 saturated heterocycles. The first-order valence-corrected chi connectivity index (χ1v) is 13.8. The molecule has 3 aromatic heterocycles. The van der Waals surface area contributed by atoms with Crippen molar-refractivity contribution in [1.82, 2.24) is 25.4 Å². The van der Waals surface area contributed by atoms with E-state index < -0.39 is 0 Å². The Bertz CT molecular complexity index is 1330. The molecule has 1 aromatic carbocycles. The standard InChI is InChI=1S/C25H29N7O3S2/c1-31(25-26-13-17(14-27-25)15-28-34)16-20-12-21-22(37-20)24(32-5-8-35-9-6-32)30-23(29-21)18-3-2-4-19(11-18)36-10-7-33/h2-4,11-14,28,33-34H,5-10,15-16H2,1H3. The molecule has 0 atom stereocenters. The van der Waals surface area contributed by atoms with E-state index in [9.17, 15) is 5.11 Å². The van der Waals surface area contributed by atoms with Gasteiger partial charge < -0.3 is 24.9 Å². The molecule has 4 aromatic rings. The molecular formula is C25H29N7O3S2. The summed E-state index contributed by atoms with van der Waals surface area (Å²) < 4.78 is 6.65. The van der Waals surface area contributed by atoms with E-state index >= 15 is 0 Å². The van der Waals surface area contributed by atoms with Crippen molar-refractivity contribution in [3.63, 3.8) is 0 Å². The van der Waals surface area contributed by atoms with Gasteiger partial charge in [0.15, 0.2) is 11.6 Å². The maximum Gasteiger partial charge on any atom is 0.225 e. The predicted octanol–water partition coefficient (Wildman–Crippen LogP) is 3.18. The van der Waals surface area contributed by atoms with Crippen LogP contribution >= 0.6 is 23.1 Å². The maximum atomic E-state index is 9.20. The quantitative estimate of drug-likeness (QED) is 0.204. The monoisotopic (exact) mass is 539 g/mol. The lowest BCUT2D eigenvalue weighted by Gasteiger charge is -2.28. The van der Waals surface area contributed by atoms with E-state index in [0.717, 1.165) is 50.0 Å². The summed E-state index contributed by atoms with van der Waals surface area (Å²) >= 11 is 3.30. The molecule has 194 valence electrons. The van der Waals surface area contributed by atoms with Gasteiger partial charge in [-0.2, -0.15) is 0 Å². The van der Waals surface area contributed by atoms with Crippen LogP contribution in [0.5, 0.6) is 0 Å². The first kappa shape index (κ1) is 25.8. The molecule has 1 fully saturated rings. The number of hydroxylamine groups is 1. The summed E-state index contributed by atoms with van der Waals surface area (Å²) in [6.07, 6.45) is 3.41. The van der Waals surface area contributed by atoms with Crippen LogP contribution in [-0.2, 0) is 17.8 Å². The van der Waals surface area contributed by atoms with E-state index in [1.165, 1.54) is 0 Å². The van der Waals surface area contributed by atoms with Crippen LogP contribution < -0.4 is 15.3 Å². The van der Waals surface area contributed by atoms with E-state index in [2.05, 4.69) is 32.5 Å². The van der Waals surface area contributed by atoms with Crippen LogP contribution in [0.4, 0.5) is 11.8 Å². The molecule has 0 saturated carbocycles. The summed E-state index contributed by atoms with van der Waals surface area (Å²) in [7, 11) is 1.96. The Kier molecular flexibility index (Phi) is 8.44. The Labute approximate surface area is 223 Å². The van der Waals surface area contributed by atoms with Crippen molar-refractivity contribution in [2.45, 2.75) is 18.0 Å². The number of nitrogens with zero attached hydrogens (tertiary/aromatic N) is 6. The molecule has 0 bridgehead atoms. The van der Waals surface area contributed by atoms with Crippen molar-refractivity contribution in [3.8, 4) is 11.4 Å². The van der Waals surface area contributed by atoms with Crippen LogP contribution in [0.1, 0.15) is 10.4 Å². The summed E-state index contributed by atoms with van der Waals surface area (Å²) in [6.45, 7) is 3.99.